The number of anilines is 3. The fraction of sp³-hybridized carbons (Fsp3) is 0.320. The van der Waals surface area contributed by atoms with Crippen LogP contribution in [0.3, 0.4) is 0 Å². The van der Waals surface area contributed by atoms with Crippen LogP contribution in [0.25, 0.3) is 22.2 Å². The summed E-state index contributed by atoms with van der Waals surface area (Å²) < 4.78 is 7.58. The van der Waals surface area contributed by atoms with E-state index in [1.165, 1.54) is 0 Å². The number of rotatable bonds is 7. The topological polar surface area (TPSA) is 71.3 Å². The predicted molar refractivity (Wildman–Crippen MR) is 137 cm³/mol. The summed E-state index contributed by atoms with van der Waals surface area (Å²) in [6.45, 7) is 4.62. The van der Waals surface area contributed by atoms with Crippen molar-refractivity contribution in [3.05, 3.63) is 59.8 Å². The van der Waals surface area contributed by atoms with Crippen LogP contribution in [0.15, 0.2) is 54.7 Å². The molecule has 2 aromatic heterocycles. The van der Waals surface area contributed by atoms with Gasteiger partial charge in [0, 0.05) is 47.4 Å². The summed E-state index contributed by atoms with van der Waals surface area (Å²) >= 11 is 6.06. The van der Waals surface area contributed by atoms with E-state index in [2.05, 4.69) is 57.2 Å². The van der Waals surface area contributed by atoms with Crippen molar-refractivity contribution in [3.8, 4) is 11.3 Å². The Morgan fingerprint density at radius 1 is 1.03 bits per heavy atom. The molecule has 0 amide bonds. The standard InChI is InChI=1S/C25H28ClN7O/c1-31(2)9-10-33-23-15-18(3-4-19(23)17-27-33)22-16-24(28-21-7-5-20(26)6-8-21)30-25(29-22)32-11-13-34-14-12-32/h3-8,15-17H,9-14H2,1-2H3,(H,28,29,30). The van der Waals surface area contributed by atoms with E-state index in [0.29, 0.717) is 24.2 Å². The molecule has 0 saturated carbocycles. The van der Waals surface area contributed by atoms with Gasteiger partial charge in [-0.1, -0.05) is 23.7 Å². The van der Waals surface area contributed by atoms with Crippen molar-refractivity contribution in [2.75, 3.05) is 57.2 Å². The van der Waals surface area contributed by atoms with E-state index in [-0.39, 0.29) is 0 Å². The highest BCUT2D eigenvalue weighted by atomic mass is 35.5. The first-order chi connectivity index (χ1) is 16.5. The van der Waals surface area contributed by atoms with Crippen LogP contribution in [-0.4, -0.2) is 71.6 Å². The van der Waals surface area contributed by atoms with Crippen LogP contribution in [0, 0.1) is 0 Å². The lowest BCUT2D eigenvalue weighted by Gasteiger charge is -2.27. The molecular formula is C25H28ClN7O. The summed E-state index contributed by atoms with van der Waals surface area (Å²) in [6.07, 6.45) is 1.92. The molecule has 176 valence electrons. The van der Waals surface area contributed by atoms with Gasteiger partial charge in [-0.05, 0) is 44.4 Å². The van der Waals surface area contributed by atoms with E-state index in [1.807, 2.05) is 36.5 Å². The average molecular weight is 478 g/mol. The smallest absolute Gasteiger partial charge is 0.228 e. The summed E-state index contributed by atoms with van der Waals surface area (Å²) in [7, 11) is 4.14. The zero-order valence-electron chi connectivity index (χ0n) is 19.4. The van der Waals surface area contributed by atoms with E-state index in [4.69, 9.17) is 26.3 Å². The fourth-order valence-corrected chi connectivity index (χ4v) is 4.06. The summed E-state index contributed by atoms with van der Waals surface area (Å²) in [4.78, 5) is 14.1. The Kier molecular flexibility index (Phi) is 6.62. The average Bonchev–Trinajstić information content (AvgIpc) is 3.27. The van der Waals surface area contributed by atoms with E-state index in [9.17, 15) is 0 Å². The summed E-state index contributed by atoms with van der Waals surface area (Å²) in [5.74, 6) is 1.42. The third-order valence-electron chi connectivity index (χ3n) is 5.82. The maximum Gasteiger partial charge on any atom is 0.228 e. The normalized spacial score (nSPS) is 14.2. The number of aromatic nitrogens is 4. The molecule has 0 radical (unpaired) electrons. The number of halogens is 1. The molecule has 8 nitrogen and oxygen atoms in total. The molecule has 0 unspecified atom stereocenters. The lowest BCUT2D eigenvalue weighted by molar-refractivity contribution is 0.122. The number of morpholine rings is 1. The Bertz CT molecular complexity index is 1270. The van der Waals surface area contributed by atoms with Gasteiger partial charge >= 0.3 is 0 Å². The van der Waals surface area contributed by atoms with Crippen molar-refractivity contribution in [1.29, 1.82) is 0 Å². The Hall–Kier alpha value is -3.20. The van der Waals surface area contributed by atoms with Gasteiger partial charge in [0.25, 0.3) is 0 Å². The van der Waals surface area contributed by atoms with Gasteiger partial charge in [0.15, 0.2) is 0 Å². The van der Waals surface area contributed by atoms with E-state index < -0.39 is 0 Å². The van der Waals surface area contributed by atoms with Gasteiger partial charge in [0.2, 0.25) is 5.95 Å². The van der Waals surface area contributed by atoms with E-state index in [0.717, 1.165) is 59.8 Å². The summed E-state index contributed by atoms with van der Waals surface area (Å²) in [5.41, 5.74) is 3.89. The van der Waals surface area contributed by atoms with Crippen molar-refractivity contribution < 1.29 is 4.74 Å². The molecule has 1 fully saturated rings. The van der Waals surface area contributed by atoms with Crippen LogP contribution >= 0.6 is 11.6 Å². The van der Waals surface area contributed by atoms with Crippen molar-refractivity contribution in [1.82, 2.24) is 24.6 Å². The van der Waals surface area contributed by atoms with Crippen molar-refractivity contribution in [3.63, 3.8) is 0 Å². The molecule has 1 aliphatic rings. The third-order valence-corrected chi connectivity index (χ3v) is 6.08. The molecule has 9 heteroatoms. The van der Waals surface area contributed by atoms with Crippen LogP contribution in [0.4, 0.5) is 17.5 Å². The van der Waals surface area contributed by atoms with E-state index in [1.54, 1.807) is 0 Å². The van der Waals surface area contributed by atoms with Gasteiger partial charge in [0.05, 0.1) is 37.2 Å². The molecule has 1 saturated heterocycles. The monoisotopic (exact) mass is 477 g/mol. The molecule has 34 heavy (non-hydrogen) atoms. The molecule has 0 bridgehead atoms. The molecule has 2 aromatic carbocycles. The number of likely N-dealkylation sites (N-methyl/N-ethyl adjacent to an activating group) is 1. The van der Waals surface area contributed by atoms with Crippen molar-refractivity contribution in [2.45, 2.75) is 6.54 Å². The second-order valence-corrected chi connectivity index (χ2v) is 9.05. The highest BCUT2D eigenvalue weighted by Crippen LogP contribution is 2.28. The van der Waals surface area contributed by atoms with Crippen LogP contribution in [0.5, 0.6) is 0 Å². The van der Waals surface area contributed by atoms with Gasteiger partial charge in [0.1, 0.15) is 5.82 Å². The zero-order chi connectivity index (χ0) is 23.5. The Morgan fingerprint density at radius 3 is 2.59 bits per heavy atom. The first-order valence-corrected chi connectivity index (χ1v) is 11.8. The summed E-state index contributed by atoms with van der Waals surface area (Å²) in [6, 6.07) is 15.9. The number of ether oxygens (including phenoxy) is 1. The lowest BCUT2D eigenvalue weighted by Crippen LogP contribution is -2.37. The van der Waals surface area contributed by atoms with Crippen molar-refractivity contribution >= 4 is 40.0 Å². The van der Waals surface area contributed by atoms with Gasteiger partial charge in [-0.15, -0.1) is 0 Å². The minimum atomic E-state index is 0.671. The Labute approximate surface area is 204 Å². The highest BCUT2D eigenvalue weighted by molar-refractivity contribution is 6.30. The Balaban J connectivity index is 1.53. The van der Waals surface area contributed by atoms with Crippen LogP contribution in [0.2, 0.25) is 5.02 Å². The quantitative estimate of drug-likeness (QED) is 0.425. The largest absolute Gasteiger partial charge is 0.378 e. The van der Waals surface area contributed by atoms with Gasteiger partial charge in [-0.25, -0.2) is 4.98 Å². The lowest BCUT2D eigenvalue weighted by atomic mass is 10.1. The third kappa shape index (κ3) is 5.14. The number of fused-ring (bicyclic) bond motifs is 1. The van der Waals surface area contributed by atoms with Crippen LogP contribution < -0.4 is 10.2 Å². The minimum absolute atomic E-state index is 0.671. The van der Waals surface area contributed by atoms with E-state index >= 15 is 0 Å². The molecule has 4 aromatic rings. The summed E-state index contributed by atoms with van der Waals surface area (Å²) in [5, 5.41) is 9.80. The molecule has 5 rings (SSSR count). The highest BCUT2D eigenvalue weighted by Gasteiger charge is 2.17. The second kappa shape index (κ2) is 9.97. The van der Waals surface area contributed by atoms with Crippen LogP contribution in [-0.2, 0) is 11.3 Å². The maximum atomic E-state index is 6.06. The number of hydrogen-bond acceptors (Lipinski definition) is 7. The zero-order valence-corrected chi connectivity index (χ0v) is 20.2. The molecule has 1 aliphatic heterocycles. The predicted octanol–water partition coefficient (Wildman–Crippen LogP) is 4.29. The molecule has 0 spiro atoms. The molecule has 1 N–H and O–H groups in total. The number of nitrogens with one attached hydrogen (secondary N) is 1. The van der Waals surface area contributed by atoms with Crippen molar-refractivity contribution in [2.24, 2.45) is 0 Å². The first-order valence-electron chi connectivity index (χ1n) is 11.4. The number of benzene rings is 2. The molecule has 0 aliphatic carbocycles. The van der Waals surface area contributed by atoms with Crippen LogP contribution in [0.1, 0.15) is 0 Å². The fourth-order valence-electron chi connectivity index (χ4n) is 3.94. The number of hydrogen-bond donors (Lipinski definition) is 1. The minimum Gasteiger partial charge on any atom is -0.378 e. The van der Waals surface area contributed by atoms with Gasteiger partial charge in [-0.3, -0.25) is 4.68 Å². The molecule has 0 atom stereocenters. The maximum absolute atomic E-state index is 6.06. The molecular weight excluding hydrogens is 450 g/mol. The first kappa shape index (κ1) is 22.6. The second-order valence-electron chi connectivity index (χ2n) is 8.61. The van der Waals surface area contributed by atoms with Gasteiger partial charge in [-0.2, -0.15) is 10.1 Å². The SMILES string of the molecule is CN(C)CCn1ncc2ccc(-c3cc(Nc4ccc(Cl)cc4)nc(N4CCOCC4)n3)cc21. The van der Waals surface area contributed by atoms with Gasteiger partial charge < -0.3 is 19.9 Å². The Morgan fingerprint density at radius 2 is 1.82 bits per heavy atom. The number of nitrogens with zero attached hydrogens (tertiary/aromatic N) is 6. The molecule has 3 heterocycles.